The van der Waals surface area contributed by atoms with Crippen LogP contribution in [-0.4, -0.2) is 42.6 Å². The van der Waals surface area contributed by atoms with Crippen LogP contribution in [0.1, 0.15) is 60.1 Å². The predicted octanol–water partition coefficient (Wildman–Crippen LogP) is 4.10. The molecule has 1 fully saturated rings. The first-order valence-electron chi connectivity index (χ1n) is 11.5. The average molecular weight is 444 g/mol. The van der Waals surface area contributed by atoms with Gasteiger partial charge < -0.3 is 15.5 Å². The van der Waals surface area contributed by atoms with Gasteiger partial charge in [-0.2, -0.15) is 4.98 Å². The SMILES string of the molecule is CN(C)c1nc(N[C@H]2CC[C@@H](CNC(=O)c3ccc(F)c(F)c3)CC2)nc2c1CCCC2. The van der Waals surface area contributed by atoms with E-state index in [-0.39, 0.29) is 11.5 Å². The second-order valence-electron chi connectivity index (χ2n) is 9.10. The van der Waals surface area contributed by atoms with E-state index < -0.39 is 11.6 Å². The van der Waals surface area contributed by atoms with Crippen LogP contribution in [0.2, 0.25) is 0 Å². The summed E-state index contributed by atoms with van der Waals surface area (Å²) >= 11 is 0. The van der Waals surface area contributed by atoms with Crippen molar-refractivity contribution in [3.8, 4) is 0 Å². The van der Waals surface area contributed by atoms with E-state index in [4.69, 9.17) is 9.97 Å². The molecular formula is C24H31F2N5O. The normalized spacial score (nSPS) is 20.4. The van der Waals surface area contributed by atoms with Gasteiger partial charge in [0.25, 0.3) is 5.91 Å². The fraction of sp³-hybridized carbons (Fsp3) is 0.542. The van der Waals surface area contributed by atoms with Crippen LogP contribution in [0.4, 0.5) is 20.5 Å². The molecule has 1 saturated carbocycles. The highest BCUT2D eigenvalue weighted by Crippen LogP contribution is 2.30. The lowest BCUT2D eigenvalue weighted by atomic mass is 9.86. The van der Waals surface area contributed by atoms with Crippen LogP contribution in [0.15, 0.2) is 18.2 Å². The topological polar surface area (TPSA) is 70.2 Å². The van der Waals surface area contributed by atoms with Gasteiger partial charge in [0.2, 0.25) is 5.95 Å². The molecule has 0 bridgehead atoms. The molecule has 0 radical (unpaired) electrons. The van der Waals surface area contributed by atoms with Crippen molar-refractivity contribution in [2.45, 2.75) is 57.4 Å². The Morgan fingerprint density at radius 1 is 1.06 bits per heavy atom. The second-order valence-corrected chi connectivity index (χ2v) is 9.10. The second kappa shape index (κ2) is 9.79. The van der Waals surface area contributed by atoms with Crippen molar-refractivity contribution in [2.75, 3.05) is 30.9 Å². The molecule has 0 atom stereocenters. The molecule has 2 aliphatic rings. The average Bonchev–Trinajstić information content (AvgIpc) is 2.79. The van der Waals surface area contributed by atoms with E-state index in [1.54, 1.807) is 0 Å². The number of benzene rings is 1. The van der Waals surface area contributed by atoms with Crippen molar-refractivity contribution in [3.63, 3.8) is 0 Å². The van der Waals surface area contributed by atoms with Gasteiger partial charge in [-0.15, -0.1) is 0 Å². The van der Waals surface area contributed by atoms with Gasteiger partial charge in [-0.25, -0.2) is 13.8 Å². The standard InChI is InChI=1S/C24H31F2N5O/c1-31(2)22-18-5-3-4-6-21(18)29-24(30-22)28-17-10-7-15(8-11-17)14-27-23(32)16-9-12-19(25)20(26)13-16/h9,12-13,15,17H,3-8,10-11,14H2,1-2H3,(H,27,32)(H,28,29,30)/t15-,17+. The number of anilines is 2. The van der Waals surface area contributed by atoms with Crippen LogP contribution in [0.3, 0.4) is 0 Å². The smallest absolute Gasteiger partial charge is 0.251 e. The number of rotatable bonds is 6. The number of hydrogen-bond donors (Lipinski definition) is 2. The predicted molar refractivity (Wildman–Crippen MR) is 121 cm³/mol. The maximum Gasteiger partial charge on any atom is 0.251 e. The Morgan fingerprint density at radius 2 is 1.81 bits per heavy atom. The van der Waals surface area contributed by atoms with Gasteiger partial charge in [0, 0.05) is 37.8 Å². The molecular weight excluding hydrogens is 412 g/mol. The number of aromatic nitrogens is 2. The highest BCUT2D eigenvalue weighted by atomic mass is 19.2. The van der Waals surface area contributed by atoms with Crippen LogP contribution >= 0.6 is 0 Å². The van der Waals surface area contributed by atoms with Crippen molar-refractivity contribution in [1.29, 1.82) is 0 Å². The van der Waals surface area contributed by atoms with E-state index in [1.165, 1.54) is 30.2 Å². The molecule has 0 saturated heterocycles. The molecule has 1 aromatic heterocycles. The zero-order valence-corrected chi connectivity index (χ0v) is 18.8. The van der Waals surface area contributed by atoms with Gasteiger partial charge in [-0.3, -0.25) is 4.79 Å². The minimum absolute atomic E-state index is 0.139. The third kappa shape index (κ3) is 5.16. The van der Waals surface area contributed by atoms with E-state index in [1.807, 2.05) is 14.1 Å². The van der Waals surface area contributed by atoms with Crippen LogP contribution in [0.25, 0.3) is 0 Å². The minimum atomic E-state index is -1.01. The zero-order valence-electron chi connectivity index (χ0n) is 18.8. The summed E-state index contributed by atoms with van der Waals surface area (Å²) in [7, 11) is 4.06. The van der Waals surface area contributed by atoms with Crippen molar-refractivity contribution < 1.29 is 13.6 Å². The number of nitrogens with zero attached hydrogens (tertiary/aromatic N) is 3. The molecule has 2 aromatic rings. The lowest BCUT2D eigenvalue weighted by Crippen LogP contribution is -2.34. The largest absolute Gasteiger partial charge is 0.362 e. The Bertz CT molecular complexity index is 973. The van der Waals surface area contributed by atoms with Gasteiger partial charge in [0.1, 0.15) is 5.82 Å². The van der Waals surface area contributed by atoms with Crippen molar-refractivity contribution in [3.05, 3.63) is 46.7 Å². The Kier molecular flexibility index (Phi) is 6.86. The number of amides is 1. The van der Waals surface area contributed by atoms with Crippen molar-refractivity contribution in [1.82, 2.24) is 15.3 Å². The first kappa shape index (κ1) is 22.4. The first-order chi connectivity index (χ1) is 15.4. The minimum Gasteiger partial charge on any atom is -0.362 e. The van der Waals surface area contributed by atoms with E-state index in [2.05, 4.69) is 15.5 Å². The molecule has 1 aromatic carbocycles. The Hall–Kier alpha value is -2.77. The summed E-state index contributed by atoms with van der Waals surface area (Å²) < 4.78 is 26.4. The maximum absolute atomic E-state index is 13.3. The van der Waals surface area contributed by atoms with Crippen molar-refractivity contribution in [2.24, 2.45) is 5.92 Å². The summed E-state index contributed by atoms with van der Waals surface area (Å²) in [6.45, 7) is 0.532. The summed E-state index contributed by atoms with van der Waals surface area (Å²) in [4.78, 5) is 23.9. The first-order valence-corrected chi connectivity index (χ1v) is 11.5. The highest BCUT2D eigenvalue weighted by Gasteiger charge is 2.24. The van der Waals surface area contributed by atoms with Crippen LogP contribution in [-0.2, 0) is 12.8 Å². The Balaban J connectivity index is 1.29. The van der Waals surface area contributed by atoms with E-state index in [0.29, 0.717) is 24.5 Å². The number of hydrogen-bond acceptors (Lipinski definition) is 5. The lowest BCUT2D eigenvalue weighted by Gasteiger charge is -2.30. The van der Waals surface area contributed by atoms with E-state index in [0.717, 1.165) is 56.5 Å². The van der Waals surface area contributed by atoms with Gasteiger partial charge in [0.05, 0.1) is 5.69 Å². The van der Waals surface area contributed by atoms with Gasteiger partial charge >= 0.3 is 0 Å². The number of aryl methyl sites for hydroxylation is 1. The molecule has 0 aliphatic heterocycles. The molecule has 2 N–H and O–H groups in total. The molecule has 1 heterocycles. The molecule has 4 rings (SSSR count). The maximum atomic E-state index is 13.3. The van der Waals surface area contributed by atoms with Crippen molar-refractivity contribution >= 4 is 17.7 Å². The number of fused-ring (bicyclic) bond motifs is 1. The third-order valence-electron chi connectivity index (χ3n) is 6.50. The van der Waals surface area contributed by atoms with Crippen LogP contribution in [0.5, 0.6) is 0 Å². The third-order valence-corrected chi connectivity index (χ3v) is 6.50. The van der Waals surface area contributed by atoms with Gasteiger partial charge in [-0.1, -0.05) is 0 Å². The molecule has 1 amide bonds. The van der Waals surface area contributed by atoms with Gasteiger partial charge in [0.15, 0.2) is 11.6 Å². The fourth-order valence-corrected chi connectivity index (χ4v) is 4.68. The number of carbonyl (C=O) groups is 1. The summed E-state index contributed by atoms with van der Waals surface area (Å²) in [6.07, 6.45) is 8.33. The monoisotopic (exact) mass is 443 g/mol. The summed E-state index contributed by atoms with van der Waals surface area (Å²) in [6, 6.07) is 3.53. The Morgan fingerprint density at radius 3 is 2.53 bits per heavy atom. The summed E-state index contributed by atoms with van der Waals surface area (Å²) in [5, 5.41) is 6.39. The zero-order chi connectivity index (χ0) is 22.7. The van der Waals surface area contributed by atoms with Crippen LogP contribution in [0, 0.1) is 17.6 Å². The molecule has 8 heteroatoms. The summed E-state index contributed by atoms with van der Waals surface area (Å²) in [5.41, 5.74) is 2.60. The quantitative estimate of drug-likeness (QED) is 0.704. The summed E-state index contributed by atoms with van der Waals surface area (Å²) in [5.74, 6) is -0.235. The molecule has 0 unspecified atom stereocenters. The molecule has 0 spiro atoms. The number of carbonyl (C=O) groups excluding carboxylic acids is 1. The van der Waals surface area contributed by atoms with E-state index in [9.17, 15) is 13.6 Å². The van der Waals surface area contributed by atoms with Gasteiger partial charge in [-0.05, 0) is 75.5 Å². The highest BCUT2D eigenvalue weighted by molar-refractivity contribution is 5.94. The molecule has 2 aliphatic carbocycles. The number of halogens is 2. The molecule has 6 nitrogen and oxygen atoms in total. The molecule has 32 heavy (non-hydrogen) atoms. The lowest BCUT2D eigenvalue weighted by molar-refractivity contribution is 0.0942. The Labute approximate surface area is 187 Å². The fourth-order valence-electron chi connectivity index (χ4n) is 4.68. The van der Waals surface area contributed by atoms with E-state index >= 15 is 0 Å². The van der Waals surface area contributed by atoms with Crippen LogP contribution < -0.4 is 15.5 Å². The number of nitrogens with one attached hydrogen (secondary N) is 2. The molecule has 172 valence electrons.